The first-order chi connectivity index (χ1) is 16.0. The Morgan fingerprint density at radius 1 is 1.24 bits per heavy atom. The number of ketones is 1. The largest absolute Gasteiger partial charge is 0.462 e. The number of ether oxygens (including phenoxy) is 1. The van der Waals surface area contributed by atoms with Crippen LogP contribution in [-0.2, 0) is 14.3 Å². The van der Waals surface area contributed by atoms with Gasteiger partial charge in [-0.05, 0) is 73.5 Å². The molecule has 5 heteroatoms. The molecule has 1 N–H and O–H groups in total. The van der Waals surface area contributed by atoms with Gasteiger partial charge in [-0.15, -0.1) is 0 Å². The van der Waals surface area contributed by atoms with Crippen molar-refractivity contribution in [3.63, 3.8) is 0 Å². The van der Waals surface area contributed by atoms with E-state index in [0.717, 1.165) is 44.2 Å². The second-order valence-electron chi connectivity index (χ2n) is 12.8. The lowest BCUT2D eigenvalue weighted by molar-refractivity contribution is -0.149. The zero-order chi connectivity index (χ0) is 24.4. The van der Waals surface area contributed by atoms with Crippen molar-refractivity contribution >= 4 is 17.5 Å². The van der Waals surface area contributed by atoms with Gasteiger partial charge in [-0.25, -0.2) is 0 Å². The van der Waals surface area contributed by atoms with E-state index in [1.807, 2.05) is 6.92 Å². The summed E-state index contributed by atoms with van der Waals surface area (Å²) in [5.41, 5.74) is 2.78. The molecular weight excluding hydrogens is 426 g/mol. The van der Waals surface area contributed by atoms with E-state index in [9.17, 15) is 14.7 Å². The summed E-state index contributed by atoms with van der Waals surface area (Å²) in [6.45, 7) is 11.2. The zero-order valence-electron chi connectivity index (χ0n) is 21.7. The molecule has 34 heavy (non-hydrogen) atoms. The third kappa shape index (κ3) is 3.72. The molecule has 0 amide bonds. The number of carbonyl (C=O) groups is 2. The minimum absolute atomic E-state index is 0.0144. The predicted octanol–water partition coefficient (Wildman–Crippen LogP) is 5.15. The number of hydrogen-bond acceptors (Lipinski definition) is 5. The molecular formula is C29H43NO4. The molecule has 0 spiro atoms. The molecule has 0 bridgehead atoms. The molecule has 1 heterocycles. The van der Waals surface area contributed by atoms with Gasteiger partial charge in [0.25, 0.3) is 0 Å². The molecule has 188 valence electrons. The summed E-state index contributed by atoms with van der Waals surface area (Å²) >= 11 is 0. The molecule has 0 saturated heterocycles. The smallest absolute Gasteiger partial charge is 0.302 e. The number of nitrogens with zero attached hydrogens (tertiary/aromatic N) is 1. The average molecular weight is 470 g/mol. The molecule has 1 aliphatic heterocycles. The molecule has 5 rings (SSSR count). The van der Waals surface area contributed by atoms with Crippen molar-refractivity contribution < 1.29 is 19.4 Å². The molecule has 3 fully saturated rings. The first-order valence-electron chi connectivity index (χ1n) is 13.6. The molecule has 0 aromatic carbocycles. The molecule has 4 aliphatic carbocycles. The van der Waals surface area contributed by atoms with Crippen molar-refractivity contribution in [1.29, 1.82) is 0 Å². The Bertz CT molecular complexity index is 923. The summed E-state index contributed by atoms with van der Waals surface area (Å²) < 4.78 is 6.04. The van der Waals surface area contributed by atoms with Gasteiger partial charge in [-0.3, -0.25) is 14.6 Å². The van der Waals surface area contributed by atoms with Crippen molar-refractivity contribution in [2.45, 2.75) is 98.2 Å². The Morgan fingerprint density at radius 2 is 2.00 bits per heavy atom. The first-order valence-corrected chi connectivity index (χ1v) is 13.6. The summed E-state index contributed by atoms with van der Waals surface area (Å²) in [6.07, 6.45) is 9.76. The Hall–Kier alpha value is -1.49. The van der Waals surface area contributed by atoms with Crippen LogP contribution in [0.15, 0.2) is 16.6 Å². The number of rotatable bonds is 3. The fraction of sp³-hybridized carbons (Fsp3) is 0.828. The lowest BCUT2D eigenvalue weighted by Crippen LogP contribution is -2.51. The van der Waals surface area contributed by atoms with Crippen LogP contribution in [0.1, 0.15) is 86.0 Å². The van der Waals surface area contributed by atoms with E-state index in [1.165, 1.54) is 18.9 Å². The maximum atomic E-state index is 12.5. The molecule has 0 unspecified atom stereocenters. The normalized spacial score (nSPS) is 47.0. The Labute approximate surface area is 204 Å². The van der Waals surface area contributed by atoms with Gasteiger partial charge < -0.3 is 9.84 Å². The maximum absolute atomic E-state index is 12.5. The highest BCUT2D eigenvalue weighted by Gasteiger charge is 2.63. The minimum atomic E-state index is -0.199. The van der Waals surface area contributed by atoms with Crippen LogP contribution in [0.2, 0.25) is 0 Å². The Morgan fingerprint density at radius 3 is 2.71 bits per heavy atom. The molecule has 5 nitrogen and oxygen atoms in total. The van der Waals surface area contributed by atoms with Gasteiger partial charge in [-0.1, -0.05) is 39.3 Å². The summed E-state index contributed by atoms with van der Waals surface area (Å²) in [4.78, 5) is 29.6. The second kappa shape index (κ2) is 8.57. The number of allylic oxidation sites excluding steroid dienone is 1. The number of Topliss-reactive ketones (excluding diaryl/α,β-unsaturated/α-hetero) is 1. The summed E-state index contributed by atoms with van der Waals surface area (Å²) in [6, 6.07) is 0. The lowest BCUT2D eigenvalue weighted by Gasteiger charge is -2.58. The van der Waals surface area contributed by atoms with E-state index in [0.29, 0.717) is 36.5 Å². The van der Waals surface area contributed by atoms with Crippen LogP contribution in [0.5, 0.6) is 0 Å². The van der Waals surface area contributed by atoms with Gasteiger partial charge in [0.1, 0.15) is 11.9 Å². The van der Waals surface area contributed by atoms with Gasteiger partial charge in [-0.2, -0.15) is 0 Å². The molecule has 0 aromatic rings. The molecule has 10 atom stereocenters. The van der Waals surface area contributed by atoms with Crippen LogP contribution < -0.4 is 0 Å². The number of aliphatic hydroxyl groups is 1. The van der Waals surface area contributed by atoms with Gasteiger partial charge in [0.15, 0.2) is 0 Å². The molecule has 0 radical (unpaired) electrons. The average Bonchev–Trinajstić information content (AvgIpc) is 3.06. The quantitative estimate of drug-likeness (QED) is 0.458. The van der Waals surface area contributed by atoms with Crippen molar-refractivity contribution in [3.8, 4) is 0 Å². The van der Waals surface area contributed by atoms with E-state index < -0.39 is 0 Å². The standard InChI is InChI=1S/C29H43NO4/c1-16-15-30-24(14-25(16)33)17(2)27-26(34-18(3)31)13-23-21-7-6-19-12-20(32)8-10-28(19,4)22(21)9-11-29(23,27)5/h6,16-17,20-23,26-27,32H,7-15H2,1-5H3/t16-,17-,20+,21-,22+,23+,26-,27-,28+,29+/m1/s1. The number of fused-ring (bicyclic) bond motifs is 5. The van der Waals surface area contributed by atoms with Gasteiger partial charge in [0.2, 0.25) is 0 Å². The van der Waals surface area contributed by atoms with Gasteiger partial charge in [0.05, 0.1) is 6.10 Å². The van der Waals surface area contributed by atoms with E-state index in [-0.39, 0.29) is 46.8 Å². The summed E-state index contributed by atoms with van der Waals surface area (Å²) in [7, 11) is 0. The molecule has 5 aliphatic rings. The molecule has 3 saturated carbocycles. The third-order valence-corrected chi connectivity index (χ3v) is 11.0. The Kier molecular flexibility index (Phi) is 6.10. The van der Waals surface area contributed by atoms with Gasteiger partial charge >= 0.3 is 5.97 Å². The summed E-state index contributed by atoms with van der Waals surface area (Å²) in [5, 5.41) is 10.3. The highest BCUT2D eigenvalue weighted by Crippen LogP contribution is 2.67. The molecule has 0 aromatic heterocycles. The van der Waals surface area contributed by atoms with Crippen LogP contribution in [0.4, 0.5) is 0 Å². The highest BCUT2D eigenvalue weighted by molar-refractivity contribution is 6.05. The van der Waals surface area contributed by atoms with Crippen molar-refractivity contribution in [2.75, 3.05) is 6.54 Å². The van der Waals surface area contributed by atoms with Crippen LogP contribution >= 0.6 is 0 Å². The third-order valence-electron chi connectivity index (χ3n) is 11.0. The highest BCUT2D eigenvalue weighted by atomic mass is 16.5. The van der Waals surface area contributed by atoms with Crippen LogP contribution in [0.25, 0.3) is 0 Å². The number of aliphatic imine (C=N–C) groups is 1. The van der Waals surface area contributed by atoms with E-state index in [1.54, 1.807) is 0 Å². The fourth-order valence-electron chi connectivity index (χ4n) is 9.17. The minimum Gasteiger partial charge on any atom is -0.462 e. The second-order valence-corrected chi connectivity index (χ2v) is 12.8. The number of esters is 1. The SMILES string of the molecule is CC(=O)O[C@@H]1C[C@H]2[C@@H]3CC=C4C[C@@H](O)CC[C@]4(C)[C@H]3CC[C@]2(C)[C@@H]1[C@H](C)C1=NC[C@@H](C)C(=O)C1. The fourth-order valence-corrected chi connectivity index (χ4v) is 9.17. The van der Waals surface area contributed by atoms with Crippen molar-refractivity contribution in [2.24, 2.45) is 51.3 Å². The topological polar surface area (TPSA) is 76.0 Å². The van der Waals surface area contributed by atoms with E-state index >= 15 is 0 Å². The predicted molar refractivity (Wildman–Crippen MR) is 132 cm³/mol. The zero-order valence-corrected chi connectivity index (χ0v) is 21.7. The lowest BCUT2D eigenvalue weighted by atomic mass is 9.47. The van der Waals surface area contributed by atoms with E-state index in [2.05, 4.69) is 26.8 Å². The Balaban J connectivity index is 1.47. The number of aliphatic hydroxyl groups excluding tert-OH is 1. The van der Waals surface area contributed by atoms with Crippen molar-refractivity contribution in [3.05, 3.63) is 11.6 Å². The monoisotopic (exact) mass is 469 g/mol. The van der Waals surface area contributed by atoms with Crippen LogP contribution in [0.3, 0.4) is 0 Å². The van der Waals surface area contributed by atoms with Gasteiger partial charge in [0, 0.05) is 43.4 Å². The van der Waals surface area contributed by atoms with Crippen LogP contribution in [0, 0.1) is 46.3 Å². The first kappa shape index (κ1) is 24.2. The van der Waals surface area contributed by atoms with Crippen molar-refractivity contribution in [1.82, 2.24) is 0 Å². The van der Waals surface area contributed by atoms with Crippen LogP contribution in [-0.4, -0.2) is 41.3 Å². The number of hydrogen-bond donors (Lipinski definition) is 1. The maximum Gasteiger partial charge on any atom is 0.302 e. The summed E-state index contributed by atoms with van der Waals surface area (Å²) in [5.74, 6) is 2.18. The number of carbonyl (C=O) groups excluding carboxylic acids is 2. The van der Waals surface area contributed by atoms with E-state index in [4.69, 9.17) is 9.73 Å².